The molecule has 27 heavy (non-hydrogen) atoms. The molecule has 9 nitrogen and oxygen atoms in total. The Morgan fingerprint density at radius 2 is 1.52 bits per heavy atom. The number of esters is 2. The highest BCUT2D eigenvalue weighted by atomic mass is 16.5. The monoisotopic (exact) mass is 389 g/mol. The summed E-state index contributed by atoms with van der Waals surface area (Å²) >= 11 is 0. The van der Waals surface area contributed by atoms with Gasteiger partial charge in [-0.05, 0) is 26.2 Å². The lowest BCUT2D eigenvalue weighted by atomic mass is 9.87. The summed E-state index contributed by atoms with van der Waals surface area (Å²) in [4.78, 5) is 35.4. The van der Waals surface area contributed by atoms with Crippen LogP contribution in [0.25, 0.3) is 0 Å². The van der Waals surface area contributed by atoms with E-state index in [2.05, 4.69) is 9.89 Å². The largest absolute Gasteiger partial charge is 0.468 e. The number of aliphatic hydroxyl groups is 2. The summed E-state index contributed by atoms with van der Waals surface area (Å²) in [7, 11) is 1.14. The summed E-state index contributed by atoms with van der Waals surface area (Å²) < 4.78 is 9.36. The zero-order chi connectivity index (χ0) is 21.3. The number of rotatable bonds is 11. The molecule has 0 saturated carbocycles. The van der Waals surface area contributed by atoms with Gasteiger partial charge < -0.3 is 24.9 Å². The number of aliphatic hydroxyl groups excluding tert-OH is 2. The number of hydrogen-bond donors (Lipinski definition) is 3. The average molecular weight is 389 g/mol. The molecule has 6 atom stereocenters. The van der Waals surface area contributed by atoms with Gasteiger partial charge in [0.05, 0.1) is 18.9 Å². The van der Waals surface area contributed by atoms with E-state index in [1.54, 1.807) is 6.92 Å². The number of nitrogens with zero attached hydrogens (tertiary/aromatic N) is 1. The van der Waals surface area contributed by atoms with Crippen molar-refractivity contribution < 1.29 is 39.3 Å². The first-order valence-corrected chi connectivity index (χ1v) is 8.89. The second kappa shape index (κ2) is 11.7. The first-order valence-electron chi connectivity index (χ1n) is 8.89. The zero-order valence-electron chi connectivity index (χ0n) is 16.7. The number of carbonyl (C=O) groups excluding carboxylic acids is 3. The van der Waals surface area contributed by atoms with E-state index in [0.717, 1.165) is 7.11 Å². The fourth-order valence-electron chi connectivity index (χ4n) is 2.53. The lowest BCUT2D eigenvalue weighted by molar-refractivity contribution is -0.159. The van der Waals surface area contributed by atoms with Crippen LogP contribution in [0.1, 0.15) is 41.0 Å². The Morgan fingerprint density at radius 1 is 1.00 bits per heavy atom. The second-order valence-corrected chi connectivity index (χ2v) is 6.68. The van der Waals surface area contributed by atoms with E-state index in [1.807, 2.05) is 13.8 Å². The predicted octanol–water partition coefficient (Wildman–Crippen LogP) is 0.778. The molecule has 0 aromatic rings. The van der Waals surface area contributed by atoms with E-state index in [1.165, 1.54) is 13.8 Å². The molecule has 0 bridgehead atoms. The standard InChI is InChI=1S/C18H31NO8/c1-7-9(2)14(19-25)10(3)16(22)13(20)8-27-18(24)12(5)15(21)11(4)17(23)26-6/h9-13,16,20,22,25H,7-8H2,1-6H3/b19-14+/t9-,10?,11+,12?,13?,16?/m1/s1. The normalized spacial score (nSPS) is 18.6. The minimum Gasteiger partial charge on any atom is -0.468 e. The van der Waals surface area contributed by atoms with Crippen LogP contribution in [0.3, 0.4) is 0 Å². The number of ketones is 1. The van der Waals surface area contributed by atoms with Crippen LogP contribution in [0.4, 0.5) is 0 Å². The minimum atomic E-state index is -1.44. The van der Waals surface area contributed by atoms with Gasteiger partial charge in [-0.25, -0.2) is 0 Å². The maximum Gasteiger partial charge on any atom is 0.316 e. The van der Waals surface area contributed by atoms with Crippen molar-refractivity contribution in [1.29, 1.82) is 0 Å². The Morgan fingerprint density at radius 3 is 1.96 bits per heavy atom. The van der Waals surface area contributed by atoms with Crippen LogP contribution in [-0.4, -0.2) is 64.8 Å². The van der Waals surface area contributed by atoms with Crippen LogP contribution in [0.2, 0.25) is 0 Å². The van der Waals surface area contributed by atoms with Crippen LogP contribution in [-0.2, 0) is 23.9 Å². The van der Waals surface area contributed by atoms with Gasteiger partial charge in [-0.3, -0.25) is 14.4 Å². The van der Waals surface area contributed by atoms with Crippen molar-refractivity contribution in [3.05, 3.63) is 0 Å². The van der Waals surface area contributed by atoms with Crippen molar-refractivity contribution >= 4 is 23.4 Å². The lowest BCUT2D eigenvalue weighted by Crippen LogP contribution is -2.42. The Hall–Kier alpha value is -2.00. The Balaban J connectivity index is 4.79. The molecule has 0 aliphatic rings. The molecule has 0 saturated heterocycles. The van der Waals surface area contributed by atoms with Crippen molar-refractivity contribution in [2.24, 2.45) is 28.8 Å². The lowest BCUT2D eigenvalue weighted by Gasteiger charge is -2.26. The van der Waals surface area contributed by atoms with Gasteiger partial charge in [0.25, 0.3) is 0 Å². The summed E-state index contributed by atoms with van der Waals surface area (Å²) in [6, 6.07) is 0. The molecule has 156 valence electrons. The fraction of sp³-hybridized carbons (Fsp3) is 0.778. The zero-order valence-corrected chi connectivity index (χ0v) is 16.7. The summed E-state index contributed by atoms with van der Waals surface area (Å²) in [6.07, 6.45) is -2.10. The molecule has 0 spiro atoms. The van der Waals surface area contributed by atoms with Gasteiger partial charge >= 0.3 is 11.9 Å². The molecule has 0 aromatic carbocycles. The molecular weight excluding hydrogens is 358 g/mol. The molecular formula is C18H31NO8. The van der Waals surface area contributed by atoms with Crippen molar-refractivity contribution in [2.45, 2.75) is 53.2 Å². The second-order valence-electron chi connectivity index (χ2n) is 6.68. The SMILES string of the molecule is CC[C@@H](C)/C(=N\O)C(C)C(O)C(O)COC(=O)C(C)C(=O)[C@H](C)C(=O)OC. The first-order chi connectivity index (χ1) is 12.5. The van der Waals surface area contributed by atoms with Crippen molar-refractivity contribution in [2.75, 3.05) is 13.7 Å². The van der Waals surface area contributed by atoms with Crippen molar-refractivity contribution in [3.63, 3.8) is 0 Å². The maximum absolute atomic E-state index is 12.1. The summed E-state index contributed by atoms with van der Waals surface area (Å²) in [5.74, 6) is -5.47. The molecule has 0 fully saturated rings. The van der Waals surface area contributed by atoms with Crippen molar-refractivity contribution in [1.82, 2.24) is 0 Å². The molecule has 0 amide bonds. The van der Waals surface area contributed by atoms with E-state index < -0.39 is 54.3 Å². The molecule has 4 unspecified atom stereocenters. The number of carbonyl (C=O) groups is 3. The summed E-state index contributed by atoms with van der Waals surface area (Å²) in [5.41, 5.74) is 0.325. The van der Waals surface area contributed by atoms with E-state index in [-0.39, 0.29) is 5.92 Å². The van der Waals surface area contributed by atoms with E-state index in [4.69, 9.17) is 9.94 Å². The summed E-state index contributed by atoms with van der Waals surface area (Å²) in [6.45, 7) is 7.36. The number of Topliss-reactive ketones (excluding diaryl/α,β-unsaturated/α-hetero) is 1. The average Bonchev–Trinajstić information content (AvgIpc) is 2.68. The third-order valence-corrected chi connectivity index (χ3v) is 4.76. The number of hydrogen-bond acceptors (Lipinski definition) is 9. The minimum absolute atomic E-state index is 0.105. The van der Waals surface area contributed by atoms with E-state index >= 15 is 0 Å². The number of ether oxygens (including phenoxy) is 2. The third-order valence-electron chi connectivity index (χ3n) is 4.76. The van der Waals surface area contributed by atoms with Crippen LogP contribution in [0, 0.1) is 23.7 Å². The Bertz CT molecular complexity index is 547. The third kappa shape index (κ3) is 6.91. The smallest absolute Gasteiger partial charge is 0.316 e. The Kier molecular flexibility index (Phi) is 10.8. The van der Waals surface area contributed by atoms with Crippen LogP contribution >= 0.6 is 0 Å². The molecule has 9 heteroatoms. The molecule has 3 N–H and O–H groups in total. The summed E-state index contributed by atoms with van der Waals surface area (Å²) in [5, 5.41) is 32.6. The van der Waals surface area contributed by atoms with E-state index in [9.17, 15) is 24.6 Å². The highest BCUT2D eigenvalue weighted by molar-refractivity contribution is 6.07. The first kappa shape index (κ1) is 25.0. The highest BCUT2D eigenvalue weighted by Crippen LogP contribution is 2.18. The highest BCUT2D eigenvalue weighted by Gasteiger charge is 2.34. The number of oxime groups is 1. The van der Waals surface area contributed by atoms with Gasteiger partial charge in [-0.1, -0.05) is 25.9 Å². The molecule has 0 heterocycles. The van der Waals surface area contributed by atoms with Gasteiger partial charge in [-0.15, -0.1) is 0 Å². The fourth-order valence-corrected chi connectivity index (χ4v) is 2.53. The van der Waals surface area contributed by atoms with Gasteiger partial charge in [0.15, 0.2) is 5.78 Å². The number of methoxy groups -OCH3 is 1. The molecule has 0 aliphatic heterocycles. The molecule has 0 rings (SSSR count). The van der Waals surface area contributed by atoms with Crippen LogP contribution in [0.15, 0.2) is 5.16 Å². The van der Waals surface area contributed by atoms with Crippen LogP contribution in [0.5, 0.6) is 0 Å². The molecule has 0 radical (unpaired) electrons. The quantitative estimate of drug-likeness (QED) is 0.155. The van der Waals surface area contributed by atoms with Crippen molar-refractivity contribution in [3.8, 4) is 0 Å². The van der Waals surface area contributed by atoms with Crippen LogP contribution < -0.4 is 0 Å². The topological polar surface area (TPSA) is 143 Å². The predicted molar refractivity (Wildman–Crippen MR) is 96.2 cm³/mol. The molecule has 0 aromatic heterocycles. The van der Waals surface area contributed by atoms with Gasteiger partial charge in [0, 0.05) is 5.92 Å². The van der Waals surface area contributed by atoms with Gasteiger partial charge in [0.1, 0.15) is 24.5 Å². The van der Waals surface area contributed by atoms with E-state index in [0.29, 0.717) is 12.1 Å². The maximum atomic E-state index is 12.1. The Labute approximate surface area is 159 Å². The molecule has 0 aliphatic carbocycles. The van der Waals surface area contributed by atoms with Gasteiger partial charge in [-0.2, -0.15) is 0 Å². The van der Waals surface area contributed by atoms with Gasteiger partial charge in [0.2, 0.25) is 0 Å².